The average molecular weight is 338 g/mol. The standard InChI is InChI=1S/C12H14BrClO4/c1-4-18-12(15)9-7(6-14)5-8(16-2)10(13)11(9)17-3/h5H,4,6H2,1-3H3. The van der Waals surface area contributed by atoms with Gasteiger partial charge in [0.25, 0.3) is 0 Å². The molecule has 4 nitrogen and oxygen atoms in total. The van der Waals surface area contributed by atoms with E-state index in [0.717, 1.165) is 0 Å². The molecular formula is C12H14BrClO4. The highest BCUT2D eigenvalue weighted by molar-refractivity contribution is 9.10. The van der Waals surface area contributed by atoms with E-state index >= 15 is 0 Å². The molecule has 0 aromatic heterocycles. The smallest absolute Gasteiger partial charge is 0.342 e. The van der Waals surface area contributed by atoms with E-state index in [4.69, 9.17) is 25.8 Å². The summed E-state index contributed by atoms with van der Waals surface area (Å²) in [7, 11) is 3.00. The SMILES string of the molecule is CCOC(=O)c1c(CCl)cc(OC)c(Br)c1OC. The van der Waals surface area contributed by atoms with Crippen molar-refractivity contribution < 1.29 is 19.0 Å². The van der Waals surface area contributed by atoms with E-state index in [-0.39, 0.29) is 12.5 Å². The van der Waals surface area contributed by atoms with Crippen LogP contribution in [0, 0.1) is 0 Å². The van der Waals surface area contributed by atoms with Gasteiger partial charge in [-0.2, -0.15) is 0 Å². The molecule has 0 heterocycles. The Kier molecular flexibility index (Phi) is 5.75. The first-order valence-electron chi connectivity index (χ1n) is 5.27. The van der Waals surface area contributed by atoms with Crippen molar-refractivity contribution in [2.24, 2.45) is 0 Å². The van der Waals surface area contributed by atoms with Crippen molar-refractivity contribution in [3.05, 3.63) is 21.7 Å². The monoisotopic (exact) mass is 336 g/mol. The van der Waals surface area contributed by atoms with Gasteiger partial charge in [0.2, 0.25) is 0 Å². The lowest BCUT2D eigenvalue weighted by molar-refractivity contribution is 0.0521. The molecule has 0 saturated carbocycles. The van der Waals surface area contributed by atoms with Crippen molar-refractivity contribution in [1.82, 2.24) is 0 Å². The minimum Gasteiger partial charge on any atom is -0.495 e. The van der Waals surface area contributed by atoms with Crippen LogP contribution in [-0.4, -0.2) is 26.8 Å². The first kappa shape index (κ1) is 15.1. The summed E-state index contributed by atoms with van der Waals surface area (Å²) in [5.74, 6) is 0.612. The number of hydrogen-bond donors (Lipinski definition) is 0. The van der Waals surface area contributed by atoms with Crippen LogP contribution in [0.25, 0.3) is 0 Å². The molecule has 0 aliphatic heterocycles. The topological polar surface area (TPSA) is 44.8 Å². The molecule has 0 N–H and O–H groups in total. The molecule has 0 amide bonds. The zero-order valence-corrected chi connectivity index (χ0v) is 12.7. The molecule has 0 unspecified atom stereocenters. The largest absolute Gasteiger partial charge is 0.495 e. The van der Waals surface area contributed by atoms with Gasteiger partial charge in [0.05, 0.1) is 20.8 Å². The van der Waals surface area contributed by atoms with Crippen LogP contribution in [0.5, 0.6) is 11.5 Å². The van der Waals surface area contributed by atoms with Crippen molar-refractivity contribution in [2.75, 3.05) is 20.8 Å². The van der Waals surface area contributed by atoms with Crippen LogP contribution in [0.4, 0.5) is 0 Å². The Morgan fingerprint density at radius 2 is 2.06 bits per heavy atom. The Bertz CT molecular complexity index is 448. The maximum absolute atomic E-state index is 11.9. The van der Waals surface area contributed by atoms with Gasteiger partial charge >= 0.3 is 5.97 Å². The van der Waals surface area contributed by atoms with Crippen LogP contribution in [-0.2, 0) is 10.6 Å². The summed E-state index contributed by atoms with van der Waals surface area (Å²) in [6, 6.07) is 1.69. The fourth-order valence-corrected chi connectivity index (χ4v) is 2.38. The van der Waals surface area contributed by atoms with Crippen molar-refractivity contribution in [3.63, 3.8) is 0 Å². The first-order valence-corrected chi connectivity index (χ1v) is 6.59. The van der Waals surface area contributed by atoms with E-state index in [1.165, 1.54) is 14.2 Å². The molecule has 0 bridgehead atoms. The van der Waals surface area contributed by atoms with Crippen molar-refractivity contribution in [3.8, 4) is 11.5 Å². The predicted octanol–water partition coefficient (Wildman–Crippen LogP) is 3.38. The summed E-state index contributed by atoms with van der Waals surface area (Å²) >= 11 is 9.19. The van der Waals surface area contributed by atoms with Crippen LogP contribution >= 0.6 is 27.5 Å². The molecule has 6 heteroatoms. The van der Waals surface area contributed by atoms with E-state index in [9.17, 15) is 4.79 Å². The number of halogens is 2. The molecule has 0 fully saturated rings. The maximum atomic E-state index is 11.9. The number of ether oxygens (including phenoxy) is 3. The third-order valence-electron chi connectivity index (χ3n) is 2.32. The first-order chi connectivity index (χ1) is 8.60. The van der Waals surface area contributed by atoms with Gasteiger partial charge < -0.3 is 14.2 Å². The molecular weight excluding hydrogens is 323 g/mol. The molecule has 0 saturated heterocycles. The quantitative estimate of drug-likeness (QED) is 0.610. The van der Waals surface area contributed by atoms with Crippen LogP contribution in [0.3, 0.4) is 0 Å². The second-order valence-corrected chi connectivity index (χ2v) is 4.37. The lowest BCUT2D eigenvalue weighted by atomic mass is 10.1. The van der Waals surface area contributed by atoms with Crippen molar-refractivity contribution in [1.29, 1.82) is 0 Å². The summed E-state index contributed by atoms with van der Waals surface area (Å²) in [6.07, 6.45) is 0. The van der Waals surface area contributed by atoms with Gasteiger partial charge in [0, 0.05) is 5.88 Å². The van der Waals surface area contributed by atoms with E-state index < -0.39 is 5.97 Å². The summed E-state index contributed by atoms with van der Waals surface area (Å²) in [5.41, 5.74) is 0.925. The number of methoxy groups -OCH3 is 2. The van der Waals surface area contributed by atoms with Gasteiger partial charge in [-0.3, -0.25) is 0 Å². The van der Waals surface area contributed by atoms with E-state index in [0.29, 0.717) is 27.1 Å². The normalized spacial score (nSPS) is 10.1. The van der Waals surface area contributed by atoms with Crippen LogP contribution < -0.4 is 9.47 Å². The van der Waals surface area contributed by atoms with E-state index in [1.807, 2.05) is 0 Å². The number of carbonyl (C=O) groups excluding carboxylic acids is 1. The van der Waals surface area contributed by atoms with Gasteiger partial charge in [-0.05, 0) is 34.5 Å². The minimum absolute atomic E-state index is 0.161. The fraction of sp³-hybridized carbons (Fsp3) is 0.417. The second-order valence-electron chi connectivity index (χ2n) is 3.31. The molecule has 1 rings (SSSR count). The zero-order chi connectivity index (χ0) is 13.7. The molecule has 18 heavy (non-hydrogen) atoms. The fourth-order valence-electron chi connectivity index (χ4n) is 1.53. The Hall–Kier alpha value is -0.940. The molecule has 0 aliphatic carbocycles. The lowest BCUT2D eigenvalue weighted by Crippen LogP contribution is -2.11. The maximum Gasteiger partial charge on any atom is 0.342 e. The van der Waals surface area contributed by atoms with Gasteiger partial charge in [-0.25, -0.2) is 4.79 Å². The van der Waals surface area contributed by atoms with Crippen LogP contribution in [0.1, 0.15) is 22.8 Å². The van der Waals surface area contributed by atoms with Gasteiger partial charge in [0.15, 0.2) is 5.75 Å². The van der Waals surface area contributed by atoms with Crippen molar-refractivity contribution in [2.45, 2.75) is 12.8 Å². The van der Waals surface area contributed by atoms with E-state index in [2.05, 4.69) is 15.9 Å². The third-order valence-corrected chi connectivity index (χ3v) is 3.36. The predicted molar refractivity (Wildman–Crippen MR) is 72.8 cm³/mol. The Morgan fingerprint density at radius 3 is 2.50 bits per heavy atom. The lowest BCUT2D eigenvalue weighted by Gasteiger charge is -2.16. The summed E-state index contributed by atoms with van der Waals surface area (Å²) in [5, 5.41) is 0. The number of carbonyl (C=O) groups is 1. The summed E-state index contributed by atoms with van der Waals surface area (Å²) < 4.78 is 16.0. The number of hydrogen-bond acceptors (Lipinski definition) is 4. The highest BCUT2D eigenvalue weighted by Gasteiger charge is 2.23. The molecule has 100 valence electrons. The minimum atomic E-state index is -0.464. The zero-order valence-electron chi connectivity index (χ0n) is 10.4. The van der Waals surface area contributed by atoms with Gasteiger partial charge in [0.1, 0.15) is 15.8 Å². The summed E-state index contributed by atoms with van der Waals surface area (Å²) in [6.45, 7) is 2.02. The molecule has 1 aromatic rings. The van der Waals surface area contributed by atoms with Gasteiger partial charge in [-0.15, -0.1) is 11.6 Å². The van der Waals surface area contributed by atoms with Crippen LogP contribution in [0.15, 0.2) is 10.5 Å². The second kappa shape index (κ2) is 6.85. The highest BCUT2D eigenvalue weighted by atomic mass is 79.9. The number of rotatable bonds is 5. The van der Waals surface area contributed by atoms with Crippen molar-refractivity contribution >= 4 is 33.5 Å². The Labute approximate surface area is 119 Å². The van der Waals surface area contributed by atoms with Gasteiger partial charge in [-0.1, -0.05) is 0 Å². The third kappa shape index (κ3) is 2.90. The number of esters is 1. The summed E-state index contributed by atoms with van der Waals surface area (Å²) in [4.78, 5) is 11.9. The molecule has 0 aliphatic rings. The Morgan fingerprint density at radius 1 is 1.39 bits per heavy atom. The highest BCUT2D eigenvalue weighted by Crippen LogP contribution is 2.40. The van der Waals surface area contributed by atoms with Crippen LogP contribution in [0.2, 0.25) is 0 Å². The molecule has 0 radical (unpaired) electrons. The average Bonchev–Trinajstić information content (AvgIpc) is 2.38. The number of benzene rings is 1. The Balaban J connectivity index is 3.46. The molecule has 0 spiro atoms. The number of alkyl halides is 1. The molecule has 0 atom stereocenters. The molecule has 1 aromatic carbocycles. The van der Waals surface area contributed by atoms with E-state index in [1.54, 1.807) is 13.0 Å².